The molecule has 5 nitrogen and oxygen atoms in total. The molecule has 1 heterocycles. The number of nitrogens with zero attached hydrogens (tertiary/aromatic N) is 3. The van der Waals surface area contributed by atoms with Crippen molar-refractivity contribution in [1.82, 2.24) is 15.1 Å². The summed E-state index contributed by atoms with van der Waals surface area (Å²) in [7, 11) is 3.82. The molecule has 128 valence electrons. The average molecular weight is 330 g/mol. The number of hydrogen-bond acceptors (Lipinski definition) is 4. The molecule has 1 aliphatic rings. The van der Waals surface area contributed by atoms with E-state index in [1.54, 1.807) is 24.1 Å². The molecule has 0 aromatic heterocycles. The van der Waals surface area contributed by atoms with E-state index in [0.717, 1.165) is 31.5 Å². The Morgan fingerprint density at radius 3 is 2.62 bits per heavy atom. The molecule has 1 fully saturated rings. The van der Waals surface area contributed by atoms with Gasteiger partial charge in [-0.15, -0.1) is 0 Å². The standard InChI is InChI=1S/C18H23FN4O/c1-22-9-7-17(8-10-22)23(2)18(24)15(11-20)13-21-12-14-3-5-16(19)6-4-14/h3-6,13,17,21H,7-10,12H2,1-2H3/b15-13-. The van der Waals surface area contributed by atoms with Crippen molar-refractivity contribution in [2.24, 2.45) is 0 Å². The van der Waals surface area contributed by atoms with Crippen LogP contribution in [-0.4, -0.2) is 48.9 Å². The smallest absolute Gasteiger partial charge is 0.265 e. The zero-order valence-electron chi connectivity index (χ0n) is 14.1. The Labute approximate surface area is 142 Å². The van der Waals surface area contributed by atoms with Crippen LogP contribution in [0.2, 0.25) is 0 Å². The molecule has 0 radical (unpaired) electrons. The lowest BCUT2D eigenvalue weighted by molar-refractivity contribution is -0.128. The van der Waals surface area contributed by atoms with E-state index in [-0.39, 0.29) is 23.3 Å². The summed E-state index contributed by atoms with van der Waals surface area (Å²) >= 11 is 0. The van der Waals surface area contributed by atoms with E-state index in [1.807, 2.05) is 6.07 Å². The van der Waals surface area contributed by atoms with Gasteiger partial charge in [-0.25, -0.2) is 4.39 Å². The largest absolute Gasteiger partial charge is 0.386 e. The van der Waals surface area contributed by atoms with Crippen LogP contribution in [0, 0.1) is 17.1 Å². The van der Waals surface area contributed by atoms with Gasteiger partial charge < -0.3 is 15.1 Å². The predicted octanol–water partition coefficient (Wildman–Crippen LogP) is 1.88. The van der Waals surface area contributed by atoms with Crippen molar-refractivity contribution in [2.75, 3.05) is 27.2 Å². The van der Waals surface area contributed by atoms with Crippen molar-refractivity contribution < 1.29 is 9.18 Å². The van der Waals surface area contributed by atoms with Gasteiger partial charge in [0.05, 0.1) is 0 Å². The molecule has 6 heteroatoms. The number of hydrogen-bond donors (Lipinski definition) is 1. The molecule has 2 rings (SSSR count). The van der Waals surface area contributed by atoms with Gasteiger partial charge in [-0.05, 0) is 50.7 Å². The van der Waals surface area contributed by atoms with Gasteiger partial charge in [0, 0.05) is 25.8 Å². The summed E-state index contributed by atoms with van der Waals surface area (Å²) in [6.07, 6.45) is 3.28. The first-order valence-electron chi connectivity index (χ1n) is 8.05. The van der Waals surface area contributed by atoms with E-state index in [9.17, 15) is 14.4 Å². The SMILES string of the molecule is CN1CCC(N(C)C(=O)/C(C#N)=C\NCc2ccc(F)cc2)CC1. The summed E-state index contributed by atoms with van der Waals surface area (Å²) in [5, 5.41) is 12.2. The summed E-state index contributed by atoms with van der Waals surface area (Å²) in [5.41, 5.74) is 0.958. The minimum absolute atomic E-state index is 0.0820. The van der Waals surface area contributed by atoms with Crippen LogP contribution in [0.3, 0.4) is 0 Å². The van der Waals surface area contributed by atoms with Crippen LogP contribution in [-0.2, 0) is 11.3 Å². The molecular weight excluding hydrogens is 307 g/mol. The highest BCUT2D eigenvalue weighted by molar-refractivity contribution is 5.97. The number of likely N-dealkylation sites (N-methyl/N-ethyl adjacent to an activating group) is 1. The Balaban J connectivity index is 1.92. The maximum atomic E-state index is 12.9. The predicted molar refractivity (Wildman–Crippen MR) is 90.2 cm³/mol. The Morgan fingerprint density at radius 2 is 2.04 bits per heavy atom. The van der Waals surface area contributed by atoms with E-state index < -0.39 is 0 Å². The maximum absolute atomic E-state index is 12.9. The molecule has 1 N–H and O–H groups in total. The maximum Gasteiger partial charge on any atom is 0.265 e. The van der Waals surface area contributed by atoms with Crippen molar-refractivity contribution in [3.8, 4) is 6.07 Å². The van der Waals surface area contributed by atoms with Crippen LogP contribution in [0.15, 0.2) is 36.0 Å². The van der Waals surface area contributed by atoms with E-state index in [4.69, 9.17) is 0 Å². The van der Waals surface area contributed by atoms with Crippen molar-refractivity contribution in [3.05, 3.63) is 47.4 Å². The highest BCUT2D eigenvalue weighted by Crippen LogP contribution is 2.16. The van der Waals surface area contributed by atoms with Gasteiger partial charge in [0.1, 0.15) is 17.5 Å². The molecule has 1 aromatic rings. The second kappa shape index (κ2) is 8.46. The quantitative estimate of drug-likeness (QED) is 0.661. The van der Waals surface area contributed by atoms with Crippen LogP contribution >= 0.6 is 0 Å². The third-order valence-electron chi connectivity index (χ3n) is 4.37. The zero-order valence-corrected chi connectivity index (χ0v) is 14.1. The summed E-state index contributed by atoms with van der Waals surface area (Å²) < 4.78 is 12.9. The number of halogens is 1. The van der Waals surface area contributed by atoms with Crippen molar-refractivity contribution in [3.63, 3.8) is 0 Å². The van der Waals surface area contributed by atoms with E-state index in [0.29, 0.717) is 6.54 Å². The van der Waals surface area contributed by atoms with Crippen molar-refractivity contribution >= 4 is 5.91 Å². The van der Waals surface area contributed by atoms with Gasteiger partial charge in [0.2, 0.25) is 0 Å². The molecule has 0 atom stereocenters. The van der Waals surface area contributed by atoms with E-state index in [1.165, 1.54) is 18.3 Å². The number of nitriles is 1. The molecule has 0 spiro atoms. The van der Waals surface area contributed by atoms with Crippen LogP contribution in [0.4, 0.5) is 4.39 Å². The molecule has 0 saturated carbocycles. The number of likely N-dealkylation sites (tertiary alicyclic amines) is 1. The molecule has 1 aromatic carbocycles. The second-order valence-electron chi connectivity index (χ2n) is 6.13. The zero-order chi connectivity index (χ0) is 17.5. The Hall–Kier alpha value is -2.39. The van der Waals surface area contributed by atoms with Gasteiger partial charge in [-0.1, -0.05) is 12.1 Å². The number of nitrogens with one attached hydrogen (secondary N) is 1. The summed E-state index contributed by atoms with van der Waals surface area (Å²) in [6.45, 7) is 2.34. The minimum Gasteiger partial charge on any atom is -0.386 e. The van der Waals surface area contributed by atoms with Crippen LogP contribution < -0.4 is 5.32 Å². The number of amides is 1. The number of carbonyl (C=O) groups is 1. The van der Waals surface area contributed by atoms with Gasteiger partial charge in [-0.2, -0.15) is 5.26 Å². The first kappa shape index (κ1) is 18.0. The van der Waals surface area contributed by atoms with E-state index >= 15 is 0 Å². The first-order valence-corrected chi connectivity index (χ1v) is 8.05. The Kier molecular flexibility index (Phi) is 6.33. The van der Waals surface area contributed by atoms with Crippen LogP contribution in [0.1, 0.15) is 18.4 Å². The lowest BCUT2D eigenvalue weighted by Gasteiger charge is -2.34. The van der Waals surface area contributed by atoms with Crippen molar-refractivity contribution in [2.45, 2.75) is 25.4 Å². The van der Waals surface area contributed by atoms with Crippen LogP contribution in [0.25, 0.3) is 0 Å². The fourth-order valence-electron chi connectivity index (χ4n) is 2.75. The van der Waals surface area contributed by atoms with Crippen LogP contribution in [0.5, 0.6) is 0 Å². The first-order chi connectivity index (χ1) is 11.5. The second-order valence-corrected chi connectivity index (χ2v) is 6.13. The lowest BCUT2D eigenvalue weighted by Crippen LogP contribution is -2.45. The van der Waals surface area contributed by atoms with Gasteiger partial charge in [0.25, 0.3) is 5.91 Å². The molecule has 0 unspecified atom stereocenters. The molecular formula is C18H23FN4O. The topological polar surface area (TPSA) is 59.4 Å². The summed E-state index contributed by atoms with van der Waals surface area (Å²) in [4.78, 5) is 16.4. The molecule has 1 saturated heterocycles. The molecule has 1 aliphatic heterocycles. The number of piperidine rings is 1. The Morgan fingerprint density at radius 1 is 1.42 bits per heavy atom. The summed E-state index contributed by atoms with van der Waals surface area (Å²) in [6, 6.07) is 8.21. The normalized spacial score (nSPS) is 16.5. The minimum atomic E-state index is -0.290. The van der Waals surface area contributed by atoms with E-state index in [2.05, 4.69) is 17.3 Å². The molecule has 0 aliphatic carbocycles. The monoisotopic (exact) mass is 330 g/mol. The summed E-state index contributed by atoms with van der Waals surface area (Å²) in [5.74, 6) is -0.555. The molecule has 0 bridgehead atoms. The highest BCUT2D eigenvalue weighted by atomic mass is 19.1. The number of benzene rings is 1. The van der Waals surface area contributed by atoms with Crippen molar-refractivity contribution in [1.29, 1.82) is 5.26 Å². The molecule has 24 heavy (non-hydrogen) atoms. The lowest BCUT2D eigenvalue weighted by atomic mass is 10.0. The third kappa shape index (κ3) is 4.80. The highest BCUT2D eigenvalue weighted by Gasteiger charge is 2.25. The van der Waals surface area contributed by atoms with Gasteiger partial charge >= 0.3 is 0 Å². The fourth-order valence-corrected chi connectivity index (χ4v) is 2.75. The molecule has 1 amide bonds. The number of rotatable bonds is 5. The number of carbonyl (C=O) groups excluding carboxylic acids is 1. The Bertz CT molecular complexity index is 627. The van der Waals surface area contributed by atoms with Gasteiger partial charge in [-0.3, -0.25) is 4.79 Å². The third-order valence-corrected chi connectivity index (χ3v) is 4.37. The average Bonchev–Trinajstić information content (AvgIpc) is 2.60. The fraction of sp³-hybridized carbons (Fsp3) is 0.444. The van der Waals surface area contributed by atoms with Gasteiger partial charge in [0.15, 0.2) is 0 Å².